The lowest BCUT2D eigenvalue weighted by Gasteiger charge is -2.43. The van der Waals surface area contributed by atoms with Gasteiger partial charge in [0.25, 0.3) is 0 Å². The standard InChI is InChI=1S/C14H17FN4/c15-12-5-11(8-16)6-13(7-12)18-1-3-19(4-2-18)14-9-17-10-14/h5-7,14,17H,1-4,9-10H2. The van der Waals surface area contributed by atoms with Crippen LogP contribution in [0, 0.1) is 17.1 Å². The predicted molar refractivity (Wildman–Crippen MR) is 71.6 cm³/mol. The number of rotatable bonds is 2. The highest BCUT2D eigenvalue weighted by Crippen LogP contribution is 2.21. The molecular weight excluding hydrogens is 243 g/mol. The first-order chi connectivity index (χ1) is 9.26. The summed E-state index contributed by atoms with van der Waals surface area (Å²) in [4.78, 5) is 4.64. The van der Waals surface area contributed by atoms with Crippen molar-refractivity contribution < 1.29 is 4.39 Å². The van der Waals surface area contributed by atoms with Crippen molar-refractivity contribution in [1.29, 1.82) is 5.26 Å². The fourth-order valence-corrected chi connectivity index (χ4v) is 2.70. The molecule has 0 spiro atoms. The summed E-state index contributed by atoms with van der Waals surface area (Å²) < 4.78 is 13.4. The Hall–Kier alpha value is -1.64. The molecule has 0 bridgehead atoms. The maximum absolute atomic E-state index is 13.4. The largest absolute Gasteiger partial charge is 0.369 e. The molecule has 1 aromatic carbocycles. The average molecular weight is 260 g/mol. The Morgan fingerprint density at radius 2 is 1.89 bits per heavy atom. The lowest BCUT2D eigenvalue weighted by molar-refractivity contribution is 0.138. The van der Waals surface area contributed by atoms with E-state index in [0.717, 1.165) is 45.0 Å². The molecule has 0 unspecified atom stereocenters. The molecule has 0 saturated carbocycles. The topological polar surface area (TPSA) is 42.3 Å². The second-order valence-electron chi connectivity index (χ2n) is 5.14. The van der Waals surface area contributed by atoms with E-state index in [1.165, 1.54) is 12.1 Å². The van der Waals surface area contributed by atoms with Gasteiger partial charge in [-0.2, -0.15) is 5.26 Å². The van der Waals surface area contributed by atoms with Gasteiger partial charge in [-0.1, -0.05) is 0 Å². The fraction of sp³-hybridized carbons (Fsp3) is 0.500. The molecule has 0 atom stereocenters. The number of nitrogens with zero attached hydrogens (tertiary/aromatic N) is 3. The maximum atomic E-state index is 13.4. The Morgan fingerprint density at radius 3 is 2.47 bits per heavy atom. The minimum absolute atomic E-state index is 0.334. The van der Waals surface area contributed by atoms with E-state index >= 15 is 0 Å². The highest BCUT2D eigenvalue weighted by molar-refractivity contribution is 5.52. The summed E-state index contributed by atoms with van der Waals surface area (Å²) in [5.41, 5.74) is 1.21. The summed E-state index contributed by atoms with van der Waals surface area (Å²) in [6.07, 6.45) is 0. The molecule has 2 heterocycles. The molecule has 4 nitrogen and oxygen atoms in total. The van der Waals surface area contributed by atoms with Gasteiger partial charge in [0.2, 0.25) is 0 Å². The number of piperazine rings is 1. The van der Waals surface area contributed by atoms with Gasteiger partial charge >= 0.3 is 0 Å². The Kier molecular flexibility index (Phi) is 3.36. The molecule has 0 aliphatic carbocycles. The Balaban J connectivity index is 1.67. The molecule has 5 heteroatoms. The second-order valence-corrected chi connectivity index (χ2v) is 5.14. The molecule has 2 saturated heterocycles. The van der Waals surface area contributed by atoms with E-state index in [-0.39, 0.29) is 5.82 Å². The van der Waals surface area contributed by atoms with Crippen LogP contribution in [0.5, 0.6) is 0 Å². The number of benzene rings is 1. The van der Waals surface area contributed by atoms with E-state index in [4.69, 9.17) is 5.26 Å². The van der Waals surface area contributed by atoms with Crippen LogP contribution in [0.15, 0.2) is 18.2 Å². The molecule has 1 N–H and O–H groups in total. The Morgan fingerprint density at radius 1 is 1.16 bits per heavy atom. The maximum Gasteiger partial charge on any atom is 0.126 e. The third-order valence-electron chi connectivity index (χ3n) is 3.97. The van der Waals surface area contributed by atoms with Gasteiger partial charge in [-0.05, 0) is 18.2 Å². The molecule has 2 fully saturated rings. The van der Waals surface area contributed by atoms with Crippen LogP contribution >= 0.6 is 0 Å². The van der Waals surface area contributed by atoms with Crippen molar-refractivity contribution in [2.45, 2.75) is 6.04 Å². The quantitative estimate of drug-likeness (QED) is 0.854. The smallest absolute Gasteiger partial charge is 0.126 e. The van der Waals surface area contributed by atoms with Crippen LogP contribution in [-0.2, 0) is 0 Å². The van der Waals surface area contributed by atoms with Crippen LogP contribution in [0.25, 0.3) is 0 Å². The van der Waals surface area contributed by atoms with Gasteiger partial charge in [-0.15, -0.1) is 0 Å². The van der Waals surface area contributed by atoms with E-state index in [9.17, 15) is 4.39 Å². The summed E-state index contributed by atoms with van der Waals surface area (Å²) in [7, 11) is 0. The zero-order valence-corrected chi connectivity index (χ0v) is 10.8. The molecule has 19 heavy (non-hydrogen) atoms. The highest BCUT2D eigenvalue weighted by Gasteiger charge is 2.27. The second kappa shape index (κ2) is 5.16. The summed E-state index contributed by atoms with van der Waals surface area (Å²) in [5.74, 6) is -0.334. The molecule has 100 valence electrons. The first-order valence-electron chi connectivity index (χ1n) is 6.66. The van der Waals surface area contributed by atoms with E-state index in [0.29, 0.717) is 11.6 Å². The first kappa shape index (κ1) is 12.4. The molecule has 1 aromatic rings. The normalized spacial score (nSPS) is 20.9. The van der Waals surface area contributed by atoms with E-state index in [2.05, 4.69) is 15.1 Å². The van der Waals surface area contributed by atoms with Crippen LogP contribution in [0.4, 0.5) is 10.1 Å². The summed E-state index contributed by atoms with van der Waals surface area (Å²) in [6.45, 7) is 5.96. The van der Waals surface area contributed by atoms with Crippen molar-refractivity contribution in [1.82, 2.24) is 10.2 Å². The minimum Gasteiger partial charge on any atom is -0.369 e. The zero-order valence-electron chi connectivity index (χ0n) is 10.8. The number of hydrogen-bond donors (Lipinski definition) is 1. The number of halogens is 1. The number of nitrogens with one attached hydrogen (secondary N) is 1. The van der Waals surface area contributed by atoms with Crippen LogP contribution < -0.4 is 10.2 Å². The molecule has 0 aromatic heterocycles. The SMILES string of the molecule is N#Cc1cc(F)cc(N2CCN(C3CNC3)CC2)c1. The van der Waals surface area contributed by atoms with Gasteiger partial charge in [0.1, 0.15) is 5.82 Å². The van der Waals surface area contributed by atoms with Crippen molar-refractivity contribution in [3.63, 3.8) is 0 Å². The molecule has 0 amide bonds. The Bertz CT molecular complexity index is 499. The van der Waals surface area contributed by atoms with Gasteiger partial charge < -0.3 is 10.2 Å². The number of hydrogen-bond acceptors (Lipinski definition) is 4. The number of nitriles is 1. The minimum atomic E-state index is -0.334. The third-order valence-corrected chi connectivity index (χ3v) is 3.97. The van der Waals surface area contributed by atoms with E-state index in [1.54, 1.807) is 6.07 Å². The predicted octanol–water partition coefficient (Wildman–Crippen LogP) is 0.791. The van der Waals surface area contributed by atoms with Crippen molar-refractivity contribution in [2.75, 3.05) is 44.2 Å². The molecule has 0 radical (unpaired) electrons. The van der Waals surface area contributed by atoms with Gasteiger partial charge in [-0.25, -0.2) is 4.39 Å². The molecule has 2 aliphatic heterocycles. The summed E-state index contributed by atoms with van der Waals surface area (Å²) in [6, 6.07) is 7.24. The monoisotopic (exact) mass is 260 g/mol. The molecule has 3 rings (SSSR count). The van der Waals surface area contributed by atoms with Crippen molar-refractivity contribution >= 4 is 5.69 Å². The van der Waals surface area contributed by atoms with Gasteiger partial charge in [0.05, 0.1) is 11.6 Å². The van der Waals surface area contributed by atoms with Gasteiger partial charge in [0.15, 0.2) is 0 Å². The van der Waals surface area contributed by atoms with Gasteiger partial charge in [0, 0.05) is 51.0 Å². The lowest BCUT2D eigenvalue weighted by Crippen LogP contribution is -2.61. The van der Waals surface area contributed by atoms with E-state index < -0.39 is 0 Å². The van der Waals surface area contributed by atoms with E-state index in [1.807, 2.05) is 6.07 Å². The third kappa shape index (κ3) is 2.55. The fourth-order valence-electron chi connectivity index (χ4n) is 2.70. The Labute approximate surface area is 112 Å². The van der Waals surface area contributed by atoms with Crippen LogP contribution in [0.2, 0.25) is 0 Å². The van der Waals surface area contributed by atoms with Crippen molar-refractivity contribution in [3.05, 3.63) is 29.6 Å². The summed E-state index contributed by atoms with van der Waals surface area (Å²) in [5, 5.41) is 12.2. The van der Waals surface area contributed by atoms with Crippen LogP contribution in [0.1, 0.15) is 5.56 Å². The van der Waals surface area contributed by atoms with Crippen molar-refractivity contribution in [2.24, 2.45) is 0 Å². The number of anilines is 1. The average Bonchev–Trinajstić information content (AvgIpc) is 2.37. The first-order valence-corrected chi connectivity index (χ1v) is 6.66. The highest BCUT2D eigenvalue weighted by atomic mass is 19.1. The zero-order chi connectivity index (χ0) is 13.2. The molecular formula is C14H17FN4. The lowest BCUT2D eigenvalue weighted by atomic mass is 10.1. The van der Waals surface area contributed by atoms with Crippen LogP contribution in [0.3, 0.4) is 0 Å². The molecule has 2 aliphatic rings. The summed E-state index contributed by atoms with van der Waals surface area (Å²) >= 11 is 0. The van der Waals surface area contributed by atoms with Gasteiger partial charge in [-0.3, -0.25) is 4.90 Å². The van der Waals surface area contributed by atoms with Crippen molar-refractivity contribution in [3.8, 4) is 6.07 Å². The van der Waals surface area contributed by atoms with Crippen LogP contribution in [-0.4, -0.2) is 50.2 Å².